The third-order valence-corrected chi connectivity index (χ3v) is 5.18. The average Bonchev–Trinajstić information content (AvgIpc) is 3.26. The molecular weight excluding hydrogens is 326 g/mol. The number of H-pyrrole nitrogens is 1. The van der Waals surface area contributed by atoms with Crippen LogP contribution in [0, 0.1) is 0 Å². The number of carbonyl (C=O) groups excluding carboxylic acids is 3. The van der Waals surface area contributed by atoms with E-state index in [0.717, 1.165) is 5.56 Å². The van der Waals surface area contributed by atoms with Gasteiger partial charge in [-0.3, -0.25) is 14.4 Å². The molecule has 2 amide bonds. The van der Waals surface area contributed by atoms with Crippen molar-refractivity contribution in [3.63, 3.8) is 0 Å². The number of rotatable bonds is 4. The van der Waals surface area contributed by atoms with Gasteiger partial charge in [0.15, 0.2) is 5.78 Å². The summed E-state index contributed by atoms with van der Waals surface area (Å²) in [7, 11) is 0. The van der Waals surface area contributed by atoms with Crippen LogP contribution in [0.15, 0.2) is 29.8 Å². The molecule has 0 aliphatic carbocycles. The summed E-state index contributed by atoms with van der Waals surface area (Å²) in [5, 5.41) is 1.86. The van der Waals surface area contributed by atoms with E-state index in [4.69, 9.17) is 0 Å². The molecule has 3 rings (SSSR count). The van der Waals surface area contributed by atoms with E-state index in [9.17, 15) is 14.4 Å². The van der Waals surface area contributed by atoms with Gasteiger partial charge in [0.2, 0.25) is 5.91 Å². The van der Waals surface area contributed by atoms with Gasteiger partial charge in [-0.05, 0) is 36.1 Å². The lowest BCUT2D eigenvalue weighted by Gasteiger charge is -2.34. The second kappa shape index (κ2) is 7.00. The monoisotopic (exact) mass is 345 g/mol. The van der Waals surface area contributed by atoms with Crippen molar-refractivity contribution in [2.75, 3.05) is 26.2 Å². The van der Waals surface area contributed by atoms with Crippen LogP contribution in [-0.2, 0) is 11.2 Å². The summed E-state index contributed by atoms with van der Waals surface area (Å²) in [5.74, 6) is 0.0288. The first-order valence-electron chi connectivity index (χ1n) is 7.83. The molecule has 2 aromatic rings. The molecule has 0 aromatic carbocycles. The Morgan fingerprint density at radius 3 is 2.46 bits per heavy atom. The molecule has 0 radical (unpaired) electrons. The molecular formula is C17H19N3O3S. The van der Waals surface area contributed by atoms with Crippen LogP contribution in [0.3, 0.4) is 0 Å². The molecule has 0 bridgehead atoms. The number of hydrogen-bond donors (Lipinski definition) is 1. The Bertz CT molecular complexity index is 743. The van der Waals surface area contributed by atoms with Crippen LogP contribution in [0.25, 0.3) is 0 Å². The van der Waals surface area contributed by atoms with Crippen LogP contribution in [0.5, 0.6) is 0 Å². The molecule has 1 saturated heterocycles. The smallest absolute Gasteiger partial charge is 0.270 e. The lowest BCUT2D eigenvalue weighted by Crippen LogP contribution is -2.51. The highest BCUT2D eigenvalue weighted by Gasteiger charge is 2.25. The quantitative estimate of drug-likeness (QED) is 0.859. The van der Waals surface area contributed by atoms with Crippen LogP contribution >= 0.6 is 11.3 Å². The lowest BCUT2D eigenvalue weighted by molar-refractivity contribution is -0.131. The average molecular weight is 345 g/mol. The number of Topliss-reactive ketones (excluding diaryl/α,β-unsaturated/α-hetero) is 1. The fourth-order valence-electron chi connectivity index (χ4n) is 2.73. The Hall–Kier alpha value is -2.41. The van der Waals surface area contributed by atoms with Crippen molar-refractivity contribution in [2.24, 2.45) is 0 Å². The highest BCUT2D eigenvalue weighted by molar-refractivity contribution is 7.12. The number of aromatic nitrogens is 1. The first kappa shape index (κ1) is 16.4. The number of aromatic amines is 1. The summed E-state index contributed by atoms with van der Waals surface area (Å²) >= 11 is 1.37. The summed E-state index contributed by atoms with van der Waals surface area (Å²) in [6.07, 6.45) is 2.03. The minimum absolute atomic E-state index is 0.0233. The predicted molar refractivity (Wildman–Crippen MR) is 91.3 cm³/mol. The van der Waals surface area contributed by atoms with E-state index in [1.165, 1.54) is 18.3 Å². The Balaban J connectivity index is 1.53. The standard InChI is InChI=1S/C17H19N3O3S/c1-12(21)15-9-13(11-24-15)10-16(22)19-5-7-20(8-6-19)17(23)14-3-2-4-18-14/h2-4,9,11,18H,5-8,10H2,1H3. The Morgan fingerprint density at radius 1 is 1.17 bits per heavy atom. The van der Waals surface area contributed by atoms with Gasteiger partial charge in [0.25, 0.3) is 5.91 Å². The normalized spacial score (nSPS) is 14.7. The van der Waals surface area contributed by atoms with E-state index in [-0.39, 0.29) is 17.6 Å². The molecule has 1 N–H and O–H groups in total. The zero-order valence-corrected chi connectivity index (χ0v) is 14.3. The summed E-state index contributed by atoms with van der Waals surface area (Å²) in [5.41, 5.74) is 1.45. The molecule has 0 unspecified atom stereocenters. The number of ketones is 1. The molecule has 24 heavy (non-hydrogen) atoms. The highest BCUT2D eigenvalue weighted by Crippen LogP contribution is 2.17. The zero-order chi connectivity index (χ0) is 17.1. The largest absolute Gasteiger partial charge is 0.357 e. The number of hydrogen-bond acceptors (Lipinski definition) is 4. The maximum Gasteiger partial charge on any atom is 0.270 e. The van der Waals surface area contributed by atoms with Gasteiger partial charge < -0.3 is 14.8 Å². The van der Waals surface area contributed by atoms with Crippen LogP contribution in [0.2, 0.25) is 0 Å². The molecule has 6 nitrogen and oxygen atoms in total. The van der Waals surface area contributed by atoms with Crippen molar-refractivity contribution in [1.82, 2.24) is 14.8 Å². The van der Waals surface area contributed by atoms with E-state index < -0.39 is 0 Å². The molecule has 7 heteroatoms. The van der Waals surface area contributed by atoms with Gasteiger partial charge in [0.05, 0.1) is 11.3 Å². The molecule has 126 valence electrons. The van der Waals surface area contributed by atoms with Crippen molar-refractivity contribution in [2.45, 2.75) is 13.3 Å². The number of nitrogens with zero attached hydrogens (tertiary/aromatic N) is 2. The van der Waals surface area contributed by atoms with Gasteiger partial charge in [0.1, 0.15) is 5.69 Å². The zero-order valence-electron chi connectivity index (χ0n) is 13.4. The lowest BCUT2D eigenvalue weighted by atomic mass is 10.2. The topological polar surface area (TPSA) is 73.5 Å². The van der Waals surface area contributed by atoms with Gasteiger partial charge in [-0.1, -0.05) is 0 Å². The van der Waals surface area contributed by atoms with Gasteiger partial charge in [0, 0.05) is 32.4 Å². The minimum Gasteiger partial charge on any atom is -0.357 e. The fraction of sp³-hybridized carbons (Fsp3) is 0.353. The van der Waals surface area contributed by atoms with Crippen molar-refractivity contribution < 1.29 is 14.4 Å². The number of thiophene rings is 1. The number of amides is 2. The molecule has 0 atom stereocenters. The van der Waals surface area contributed by atoms with Crippen LogP contribution in [0.1, 0.15) is 32.6 Å². The fourth-order valence-corrected chi connectivity index (χ4v) is 3.55. The molecule has 1 aliphatic rings. The van der Waals surface area contributed by atoms with E-state index in [0.29, 0.717) is 43.2 Å². The van der Waals surface area contributed by atoms with E-state index in [1.807, 2.05) is 5.38 Å². The van der Waals surface area contributed by atoms with Gasteiger partial charge in [-0.25, -0.2) is 0 Å². The summed E-state index contributed by atoms with van der Waals surface area (Å²) in [6.45, 7) is 3.67. The summed E-state index contributed by atoms with van der Waals surface area (Å²) in [4.78, 5) is 43.1. The van der Waals surface area contributed by atoms with Crippen molar-refractivity contribution >= 4 is 28.9 Å². The van der Waals surface area contributed by atoms with Crippen LogP contribution in [0.4, 0.5) is 0 Å². The second-order valence-electron chi connectivity index (χ2n) is 5.81. The molecule has 3 heterocycles. The summed E-state index contributed by atoms with van der Waals surface area (Å²) in [6, 6.07) is 5.34. The van der Waals surface area contributed by atoms with Gasteiger partial charge >= 0.3 is 0 Å². The third-order valence-electron chi connectivity index (χ3n) is 4.10. The highest BCUT2D eigenvalue weighted by atomic mass is 32.1. The first-order valence-corrected chi connectivity index (χ1v) is 8.71. The van der Waals surface area contributed by atoms with Gasteiger partial charge in [-0.2, -0.15) is 0 Å². The van der Waals surface area contributed by atoms with Crippen LogP contribution < -0.4 is 0 Å². The molecule has 0 saturated carbocycles. The predicted octanol–water partition coefficient (Wildman–Crippen LogP) is 1.81. The maximum atomic E-state index is 12.4. The van der Waals surface area contributed by atoms with Crippen molar-refractivity contribution in [3.05, 3.63) is 45.9 Å². The van der Waals surface area contributed by atoms with Crippen molar-refractivity contribution in [1.29, 1.82) is 0 Å². The third kappa shape index (κ3) is 3.56. The van der Waals surface area contributed by atoms with E-state index >= 15 is 0 Å². The number of carbonyl (C=O) groups is 3. The second-order valence-corrected chi connectivity index (χ2v) is 6.72. The van der Waals surface area contributed by atoms with E-state index in [1.54, 1.807) is 34.2 Å². The minimum atomic E-state index is -0.0315. The van der Waals surface area contributed by atoms with Crippen LogP contribution in [-0.4, -0.2) is 58.6 Å². The molecule has 1 fully saturated rings. The Kier molecular flexibility index (Phi) is 4.80. The molecule has 2 aromatic heterocycles. The number of piperazine rings is 1. The number of nitrogens with one attached hydrogen (secondary N) is 1. The Morgan fingerprint density at radius 2 is 1.88 bits per heavy atom. The molecule has 1 aliphatic heterocycles. The Labute approximate surface area is 144 Å². The first-order chi connectivity index (χ1) is 11.5. The molecule has 0 spiro atoms. The SMILES string of the molecule is CC(=O)c1cc(CC(=O)N2CCN(C(=O)c3ccc[nH]3)CC2)cs1. The maximum absolute atomic E-state index is 12.4. The van der Waals surface area contributed by atoms with E-state index in [2.05, 4.69) is 4.98 Å². The van der Waals surface area contributed by atoms with Crippen molar-refractivity contribution in [3.8, 4) is 0 Å². The summed E-state index contributed by atoms with van der Waals surface area (Å²) < 4.78 is 0. The van der Waals surface area contributed by atoms with Gasteiger partial charge in [-0.15, -0.1) is 11.3 Å².